The number of fused-ring (bicyclic) bond motifs is 5. The van der Waals surface area contributed by atoms with Crippen molar-refractivity contribution in [2.75, 3.05) is 0 Å². The highest BCUT2D eigenvalue weighted by atomic mass is 16.3. The van der Waals surface area contributed by atoms with E-state index in [1.165, 1.54) is 38.5 Å². The van der Waals surface area contributed by atoms with Crippen LogP contribution in [0.15, 0.2) is 12.2 Å². The lowest BCUT2D eigenvalue weighted by Crippen LogP contribution is -2.62. The predicted molar refractivity (Wildman–Crippen MR) is 133 cm³/mol. The van der Waals surface area contributed by atoms with Gasteiger partial charge in [-0.1, -0.05) is 53.7 Å². The number of carbonyl (C=O) groups is 1. The second-order valence-electron chi connectivity index (χ2n) is 14.1. The van der Waals surface area contributed by atoms with Gasteiger partial charge in [-0.2, -0.15) is 0 Å². The summed E-state index contributed by atoms with van der Waals surface area (Å²) in [5.74, 6) is 3.67. The third kappa shape index (κ3) is 3.40. The Balaban J connectivity index is 1.60. The van der Waals surface area contributed by atoms with E-state index in [0.29, 0.717) is 33.9 Å². The molecule has 4 aliphatic rings. The average molecular weight is 443 g/mol. The molecule has 0 aromatic rings. The molecule has 0 saturated heterocycles. The van der Waals surface area contributed by atoms with Gasteiger partial charge in [0, 0.05) is 12.3 Å². The number of hydrogen-bond acceptors (Lipinski definition) is 2. The Morgan fingerprint density at radius 2 is 1.66 bits per heavy atom. The molecule has 0 bridgehead atoms. The molecule has 0 aromatic carbocycles. The molecule has 2 heteroatoms. The van der Waals surface area contributed by atoms with Crippen molar-refractivity contribution in [3.8, 4) is 0 Å². The molecule has 2 nitrogen and oxygen atoms in total. The van der Waals surface area contributed by atoms with Crippen LogP contribution in [-0.4, -0.2) is 16.5 Å². The van der Waals surface area contributed by atoms with Crippen molar-refractivity contribution in [1.82, 2.24) is 0 Å². The molecule has 1 N–H and O–H groups in total. The van der Waals surface area contributed by atoms with Crippen LogP contribution in [0.4, 0.5) is 0 Å². The minimum atomic E-state index is -0.715. The summed E-state index contributed by atoms with van der Waals surface area (Å²) in [6.07, 6.45) is 15.2. The van der Waals surface area contributed by atoms with Gasteiger partial charge in [0.2, 0.25) is 0 Å². The fourth-order valence-electron chi connectivity index (χ4n) is 10.1. The number of ketones is 1. The van der Waals surface area contributed by atoms with Crippen LogP contribution >= 0.6 is 0 Å². The number of rotatable bonds is 4. The van der Waals surface area contributed by atoms with Gasteiger partial charge in [0.25, 0.3) is 0 Å². The maximum atomic E-state index is 12.7. The van der Waals surface area contributed by atoms with Gasteiger partial charge < -0.3 is 5.11 Å². The monoisotopic (exact) mass is 442 g/mol. The van der Waals surface area contributed by atoms with Crippen LogP contribution in [0.5, 0.6) is 0 Å². The summed E-state index contributed by atoms with van der Waals surface area (Å²) in [5, 5.41) is 10.1. The zero-order valence-electron chi connectivity index (χ0n) is 22.3. The largest absolute Gasteiger partial charge is 0.386 e. The van der Waals surface area contributed by atoms with Crippen molar-refractivity contribution in [1.29, 1.82) is 0 Å². The highest BCUT2D eigenvalue weighted by molar-refractivity contribution is 5.82. The second-order valence-corrected chi connectivity index (χ2v) is 14.1. The molecule has 9 atom stereocenters. The van der Waals surface area contributed by atoms with Crippen LogP contribution in [-0.2, 0) is 4.79 Å². The first-order valence-electron chi connectivity index (χ1n) is 13.6. The van der Waals surface area contributed by atoms with Crippen LogP contribution in [0.1, 0.15) is 113 Å². The van der Waals surface area contributed by atoms with Crippen molar-refractivity contribution in [2.24, 2.45) is 51.2 Å². The van der Waals surface area contributed by atoms with Gasteiger partial charge in [-0.3, -0.25) is 4.79 Å². The van der Waals surface area contributed by atoms with Crippen LogP contribution < -0.4 is 0 Å². The minimum absolute atomic E-state index is 0.206. The van der Waals surface area contributed by atoms with Gasteiger partial charge in [0.1, 0.15) is 5.78 Å². The third-order valence-electron chi connectivity index (χ3n) is 12.3. The van der Waals surface area contributed by atoms with E-state index in [1.807, 2.05) is 19.9 Å². The summed E-state index contributed by atoms with van der Waals surface area (Å²) in [6, 6.07) is 0. The summed E-state index contributed by atoms with van der Waals surface area (Å²) >= 11 is 0. The fraction of sp³-hybridized carbons (Fsp3) is 0.900. The van der Waals surface area contributed by atoms with Crippen molar-refractivity contribution < 1.29 is 9.90 Å². The molecule has 182 valence electrons. The zero-order chi connectivity index (χ0) is 23.7. The van der Waals surface area contributed by atoms with Gasteiger partial charge in [0.05, 0.1) is 5.60 Å². The Morgan fingerprint density at radius 1 is 0.969 bits per heavy atom. The van der Waals surface area contributed by atoms with Crippen molar-refractivity contribution in [3.63, 3.8) is 0 Å². The quantitative estimate of drug-likeness (QED) is 0.455. The zero-order valence-corrected chi connectivity index (χ0v) is 22.3. The van der Waals surface area contributed by atoms with E-state index in [1.54, 1.807) is 0 Å². The topological polar surface area (TPSA) is 37.3 Å². The summed E-state index contributed by atoms with van der Waals surface area (Å²) in [5.41, 5.74) is 0.689. The Kier molecular flexibility index (Phi) is 5.89. The fourth-order valence-corrected chi connectivity index (χ4v) is 10.1. The lowest BCUT2D eigenvalue weighted by Gasteiger charge is -2.69. The molecule has 0 radical (unpaired) electrons. The van der Waals surface area contributed by atoms with E-state index in [9.17, 15) is 9.90 Å². The molecule has 0 aromatic heterocycles. The number of allylic oxidation sites excluding steroid dienone is 1. The molecule has 0 spiro atoms. The summed E-state index contributed by atoms with van der Waals surface area (Å²) in [7, 11) is 0. The maximum absolute atomic E-state index is 12.7. The molecule has 0 aliphatic heterocycles. The van der Waals surface area contributed by atoms with E-state index in [4.69, 9.17) is 0 Å². The van der Waals surface area contributed by atoms with E-state index < -0.39 is 5.60 Å². The SMILES string of the molecule is C[C@H](C/C=C/C(C)(C)O)[C@H]1CC[C@@]2(C)[C@@H]3CC[C@@]4(C)[C@H](CCC(=O)[C@@H]4C)[C@]3(C)CC[C@]12C. The molecule has 4 aliphatic carbocycles. The van der Waals surface area contributed by atoms with Crippen LogP contribution in [0, 0.1) is 51.2 Å². The molecule has 0 heterocycles. The Hall–Kier alpha value is -0.630. The number of hydrogen-bond donors (Lipinski definition) is 1. The van der Waals surface area contributed by atoms with Gasteiger partial charge in [-0.25, -0.2) is 0 Å². The molecular formula is C30H50O2. The van der Waals surface area contributed by atoms with E-state index >= 15 is 0 Å². The standard InChI is InChI=1S/C30H50O2/c1-20(10-9-15-26(3,4)32)22-13-17-30(8)25-14-16-27(5)21(2)23(31)11-12-24(27)28(25,6)18-19-29(22,30)7/h9,15,20-22,24-25,32H,10-14,16-19H2,1-8H3/b15-9+/t20-,21+,22-,24+,25-,27-,28+,29-,30+/m1/s1. The van der Waals surface area contributed by atoms with Gasteiger partial charge in [-0.05, 0) is 111 Å². The second kappa shape index (κ2) is 7.69. The van der Waals surface area contributed by atoms with Gasteiger partial charge in [0.15, 0.2) is 0 Å². The van der Waals surface area contributed by atoms with Crippen LogP contribution in [0.25, 0.3) is 0 Å². The van der Waals surface area contributed by atoms with Crippen LogP contribution in [0.3, 0.4) is 0 Å². The summed E-state index contributed by atoms with van der Waals surface area (Å²) < 4.78 is 0. The van der Waals surface area contributed by atoms with Crippen molar-refractivity contribution in [2.45, 2.75) is 119 Å². The maximum Gasteiger partial charge on any atom is 0.136 e. The first-order valence-corrected chi connectivity index (χ1v) is 13.6. The highest BCUT2D eigenvalue weighted by Gasteiger charge is 2.69. The lowest BCUT2D eigenvalue weighted by atomic mass is 9.35. The first kappa shape index (κ1) is 24.5. The lowest BCUT2D eigenvalue weighted by molar-refractivity contribution is -0.202. The van der Waals surface area contributed by atoms with Crippen LogP contribution in [0.2, 0.25) is 0 Å². The number of Topliss-reactive ketones (excluding diaryl/α,β-unsaturated/α-hetero) is 1. The number of aliphatic hydroxyl groups is 1. The molecule has 4 fully saturated rings. The Bertz CT molecular complexity index is 776. The molecule has 4 saturated carbocycles. The molecule has 4 rings (SSSR count). The average Bonchev–Trinajstić information content (AvgIpc) is 2.96. The molecule has 0 amide bonds. The summed E-state index contributed by atoms with van der Waals surface area (Å²) in [4.78, 5) is 12.7. The third-order valence-corrected chi connectivity index (χ3v) is 12.3. The van der Waals surface area contributed by atoms with E-state index in [0.717, 1.165) is 31.1 Å². The molecule has 32 heavy (non-hydrogen) atoms. The Morgan fingerprint density at radius 3 is 2.31 bits per heavy atom. The smallest absolute Gasteiger partial charge is 0.136 e. The van der Waals surface area contributed by atoms with E-state index in [-0.39, 0.29) is 11.3 Å². The highest BCUT2D eigenvalue weighted by Crippen LogP contribution is 2.76. The minimum Gasteiger partial charge on any atom is -0.386 e. The number of carbonyl (C=O) groups excluding carboxylic acids is 1. The summed E-state index contributed by atoms with van der Waals surface area (Å²) in [6.45, 7) is 18.8. The normalized spacial score (nSPS) is 50.1. The van der Waals surface area contributed by atoms with Gasteiger partial charge in [-0.15, -0.1) is 0 Å². The van der Waals surface area contributed by atoms with Crippen molar-refractivity contribution >= 4 is 5.78 Å². The first-order chi connectivity index (χ1) is 14.7. The van der Waals surface area contributed by atoms with Gasteiger partial charge >= 0.3 is 0 Å². The predicted octanol–water partition coefficient (Wildman–Crippen LogP) is 7.59. The van der Waals surface area contributed by atoms with E-state index in [2.05, 4.69) is 47.6 Å². The molecule has 0 unspecified atom stereocenters. The molecular weight excluding hydrogens is 392 g/mol. The van der Waals surface area contributed by atoms with Crippen molar-refractivity contribution in [3.05, 3.63) is 12.2 Å². The Labute approximate surface area is 198 Å².